The summed E-state index contributed by atoms with van der Waals surface area (Å²) < 4.78 is 0. The van der Waals surface area contributed by atoms with Crippen LogP contribution in [0.15, 0.2) is 97.3 Å². The van der Waals surface area contributed by atoms with E-state index in [0.717, 1.165) is 77.3 Å². The summed E-state index contributed by atoms with van der Waals surface area (Å²) in [7, 11) is 2.19. The number of hydrogen-bond acceptors (Lipinski definition) is 4. The maximum Gasteiger partial charge on any atom is 0.319 e. The van der Waals surface area contributed by atoms with Crippen molar-refractivity contribution in [2.24, 2.45) is 0 Å². The first-order valence-electron chi connectivity index (χ1n) is 13.8. The number of fused-ring (bicyclic) bond motifs is 1. The van der Waals surface area contributed by atoms with Crippen LogP contribution in [0.4, 0.5) is 10.5 Å². The number of carbonyl (C=O) groups is 1. The summed E-state index contributed by atoms with van der Waals surface area (Å²) in [5.74, 6) is 0. The molecule has 5 aromatic rings. The molecule has 7 nitrogen and oxygen atoms in total. The van der Waals surface area contributed by atoms with E-state index in [0.29, 0.717) is 6.54 Å². The molecule has 202 valence electrons. The predicted octanol–water partition coefficient (Wildman–Crippen LogP) is 5.97. The second kappa shape index (κ2) is 11.7. The Hall–Kier alpha value is -4.46. The first-order valence-corrected chi connectivity index (χ1v) is 13.8. The van der Waals surface area contributed by atoms with Crippen molar-refractivity contribution in [3.8, 4) is 22.3 Å². The van der Waals surface area contributed by atoms with E-state index in [1.165, 1.54) is 5.56 Å². The van der Waals surface area contributed by atoms with Crippen molar-refractivity contribution in [3.05, 3.63) is 108 Å². The number of pyridine rings is 1. The molecule has 0 saturated carbocycles. The standard InChI is InChI=1S/C33H34N6O/c1-38-14-16-39(17-15-38)23-25-10-12-26(13-11-25)28-19-30-31(22-35-32(30)34-21-28)27-8-5-9-29(18-27)37-33(40)36-20-24-6-3-2-4-7-24/h2-13,18-19,21-22H,14-17,20,23H2,1H3,(H,34,35)(H2,36,37,40). The normalized spacial score (nSPS) is 14.3. The molecule has 3 heterocycles. The SMILES string of the molecule is CN1CCN(Cc2ccc(-c3cnc4[nH]cc(-c5cccc(NC(=O)NCc6ccccc6)c5)c4c3)cc2)CC1. The van der Waals surface area contributed by atoms with E-state index >= 15 is 0 Å². The maximum absolute atomic E-state index is 12.5. The highest BCUT2D eigenvalue weighted by Gasteiger charge is 2.14. The number of H-pyrrole nitrogens is 1. The number of aromatic amines is 1. The van der Waals surface area contributed by atoms with Crippen LogP contribution < -0.4 is 10.6 Å². The molecule has 1 saturated heterocycles. The first kappa shape index (κ1) is 25.8. The average Bonchev–Trinajstić information content (AvgIpc) is 3.42. The molecule has 6 rings (SSSR count). The van der Waals surface area contributed by atoms with Crippen LogP contribution >= 0.6 is 0 Å². The largest absolute Gasteiger partial charge is 0.346 e. The molecule has 0 unspecified atom stereocenters. The van der Waals surface area contributed by atoms with E-state index in [2.05, 4.69) is 68.9 Å². The molecule has 2 amide bonds. The van der Waals surface area contributed by atoms with E-state index in [-0.39, 0.29) is 6.03 Å². The van der Waals surface area contributed by atoms with Gasteiger partial charge in [0.05, 0.1) is 0 Å². The van der Waals surface area contributed by atoms with E-state index < -0.39 is 0 Å². The van der Waals surface area contributed by atoms with Gasteiger partial charge < -0.3 is 20.5 Å². The topological polar surface area (TPSA) is 76.3 Å². The number of piperazine rings is 1. The minimum absolute atomic E-state index is 0.236. The Morgan fingerprint density at radius 2 is 1.65 bits per heavy atom. The minimum Gasteiger partial charge on any atom is -0.346 e. The van der Waals surface area contributed by atoms with Gasteiger partial charge in [-0.15, -0.1) is 0 Å². The van der Waals surface area contributed by atoms with Crippen molar-refractivity contribution in [2.45, 2.75) is 13.1 Å². The summed E-state index contributed by atoms with van der Waals surface area (Å²) in [6.07, 6.45) is 3.91. The van der Waals surface area contributed by atoms with Gasteiger partial charge in [-0.3, -0.25) is 4.90 Å². The van der Waals surface area contributed by atoms with Gasteiger partial charge in [0.15, 0.2) is 0 Å². The molecule has 7 heteroatoms. The number of aromatic nitrogens is 2. The second-order valence-electron chi connectivity index (χ2n) is 10.5. The van der Waals surface area contributed by atoms with E-state index in [1.54, 1.807) is 0 Å². The third-order valence-electron chi connectivity index (χ3n) is 7.55. The van der Waals surface area contributed by atoms with Crippen molar-refractivity contribution in [1.82, 2.24) is 25.1 Å². The zero-order valence-corrected chi connectivity index (χ0v) is 22.7. The summed E-state index contributed by atoms with van der Waals surface area (Å²) in [5.41, 5.74) is 8.24. The minimum atomic E-state index is -0.236. The molecular weight excluding hydrogens is 496 g/mol. The van der Waals surface area contributed by atoms with Gasteiger partial charge in [-0.05, 0) is 47.5 Å². The molecule has 1 fully saturated rings. The summed E-state index contributed by atoms with van der Waals surface area (Å²) in [5, 5.41) is 6.92. The summed E-state index contributed by atoms with van der Waals surface area (Å²) in [4.78, 5) is 25.4. The summed E-state index contributed by atoms with van der Waals surface area (Å²) in [6, 6.07) is 28.6. The van der Waals surface area contributed by atoms with Crippen LogP contribution in [0.5, 0.6) is 0 Å². The molecule has 0 radical (unpaired) electrons. The molecule has 1 aliphatic heterocycles. The van der Waals surface area contributed by atoms with Crippen molar-refractivity contribution in [2.75, 3.05) is 38.5 Å². The van der Waals surface area contributed by atoms with Gasteiger partial charge in [0, 0.05) is 73.9 Å². The van der Waals surface area contributed by atoms with Crippen LogP contribution in [-0.2, 0) is 13.1 Å². The fourth-order valence-corrected chi connectivity index (χ4v) is 5.18. The molecule has 0 aliphatic carbocycles. The lowest BCUT2D eigenvalue weighted by Crippen LogP contribution is -2.43. The van der Waals surface area contributed by atoms with Gasteiger partial charge in [-0.1, -0.05) is 66.7 Å². The Morgan fingerprint density at radius 1 is 0.850 bits per heavy atom. The maximum atomic E-state index is 12.5. The number of hydrogen-bond donors (Lipinski definition) is 3. The Labute approximate surface area is 234 Å². The van der Waals surface area contributed by atoms with Crippen LogP contribution in [0.25, 0.3) is 33.3 Å². The number of anilines is 1. The Balaban J connectivity index is 1.16. The lowest BCUT2D eigenvalue weighted by molar-refractivity contribution is 0.148. The molecule has 2 aromatic heterocycles. The lowest BCUT2D eigenvalue weighted by Gasteiger charge is -2.32. The average molecular weight is 531 g/mol. The van der Waals surface area contributed by atoms with Gasteiger partial charge >= 0.3 is 6.03 Å². The number of benzene rings is 3. The van der Waals surface area contributed by atoms with Gasteiger partial charge in [0.1, 0.15) is 5.65 Å². The number of urea groups is 1. The molecular formula is C33H34N6O. The van der Waals surface area contributed by atoms with Crippen LogP contribution in [-0.4, -0.2) is 59.0 Å². The lowest BCUT2D eigenvalue weighted by atomic mass is 10.0. The first-order chi connectivity index (χ1) is 19.6. The summed E-state index contributed by atoms with van der Waals surface area (Å²) in [6.45, 7) is 5.95. The molecule has 3 aromatic carbocycles. The Morgan fingerprint density at radius 3 is 2.45 bits per heavy atom. The van der Waals surface area contributed by atoms with E-state index in [4.69, 9.17) is 4.98 Å². The number of amides is 2. The molecule has 1 aliphatic rings. The molecule has 0 spiro atoms. The molecule has 40 heavy (non-hydrogen) atoms. The van der Waals surface area contributed by atoms with E-state index in [9.17, 15) is 4.79 Å². The van der Waals surface area contributed by atoms with Gasteiger partial charge in [-0.2, -0.15) is 0 Å². The van der Waals surface area contributed by atoms with E-state index in [1.807, 2.05) is 60.9 Å². The fraction of sp³-hybridized carbons (Fsp3) is 0.212. The van der Waals surface area contributed by atoms with Crippen molar-refractivity contribution in [3.63, 3.8) is 0 Å². The highest BCUT2D eigenvalue weighted by molar-refractivity contribution is 5.97. The fourth-order valence-electron chi connectivity index (χ4n) is 5.18. The van der Waals surface area contributed by atoms with Crippen LogP contribution in [0.2, 0.25) is 0 Å². The number of nitrogens with zero attached hydrogens (tertiary/aromatic N) is 3. The number of carbonyl (C=O) groups excluding carboxylic acids is 1. The van der Waals surface area contributed by atoms with Crippen molar-refractivity contribution < 1.29 is 4.79 Å². The number of nitrogens with one attached hydrogen (secondary N) is 3. The Kier molecular flexibility index (Phi) is 7.57. The number of likely N-dealkylation sites (N-methyl/N-ethyl adjacent to an activating group) is 1. The monoisotopic (exact) mass is 530 g/mol. The predicted molar refractivity (Wildman–Crippen MR) is 162 cm³/mol. The highest BCUT2D eigenvalue weighted by Crippen LogP contribution is 2.32. The third-order valence-corrected chi connectivity index (χ3v) is 7.55. The quantitative estimate of drug-likeness (QED) is 0.243. The third kappa shape index (κ3) is 6.06. The summed E-state index contributed by atoms with van der Waals surface area (Å²) >= 11 is 0. The number of rotatable bonds is 7. The van der Waals surface area contributed by atoms with Crippen LogP contribution in [0, 0.1) is 0 Å². The Bertz CT molecular complexity index is 1590. The molecule has 0 bridgehead atoms. The van der Waals surface area contributed by atoms with Crippen LogP contribution in [0.1, 0.15) is 11.1 Å². The smallest absolute Gasteiger partial charge is 0.319 e. The zero-order chi connectivity index (χ0) is 27.3. The molecule has 0 atom stereocenters. The van der Waals surface area contributed by atoms with Gasteiger partial charge in [-0.25, -0.2) is 9.78 Å². The zero-order valence-electron chi connectivity index (χ0n) is 22.7. The van der Waals surface area contributed by atoms with Crippen LogP contribution in [0.3, 0.4) is 0 Å². The van der Waals surface area contributed by atoms with Crippen molar-refractivity contribution >= 4 is 22.8 Å². The second-order valence-corrected chi connectivity index (χ2v) is 10.5. The molecule has 3 N–H and O–H groups in total. The van der Waals surface area contributed by atoms with Crippen molar-refractivity contribution in [1.29, 1.82) is 0 Å². The highest BCUT2D eigenvalue weighted by atomic mass is 16.2. The van der Waals surface area contributed by atoms with Gasteiger partial charge in [0.2, 0.25) is 0 Å². The van der Waals surface area contributed by atoms with Gasteiger partial charge in [0.25, 0.3) is 0 Å².